The van der Waals surface area contributed by atoms with Gasteiger partial charge in [-0.05, 0) is 23.5 Å². The third kappa shape index (κ3) is 7.33. The molecule has 2 aromatic heterocycles. The minimum Gasteiger partial charge on any atom is -0.345 e. The Morgan fingerprint density at radius 2 is 1.80 bits per heavy atom. The molecule has 1 unspecified atom stereocenters. The van der Waals surface area contributed by atoms with Crippen molar-refractivity contribution >= 4 is 13.9 Å². The molecule has 0 saturated heterocycles. The Morgan fingerprint density at radius 3 is 2.49 bits per heavy atom. The Morgan fingerprint density at radius 1 is 1.03 bits per heavy atom. The van der Waals surface area contributed by atoms with Crippen molar-refractivity contribution < 1.29 is 39.2 Å². The predicted molar refractivity (Wildman–Crippen MR) is 126 cm³/mol. The van der Waals surface area contributed by atoms with Gasteiger partial charge in [0.25, 0.3) is 0 Å². The number of benzene rings is 2. The van der Waals surface area contributed by atoms with Crippen LogP contribution in [0.3, 0.4) is 0 Å². The molecule has 4 aromatic rings. The topological polar surface area (TPSA) is 56.0 Å². The minimum absolute atomic E-state index is 0. The molecule has 176 valence electrons. The number of alkyl halides is 3. The second kappa shape index (κ2) is 11.4. The maximum absolute atomic E-state index is 12.7. The van der Waals surface area contributed by atoms with E-state index >= 15 is 0 Å². The Hall–Kier alpha value is -3.32. The van der Waals surface area contributed by atoms with Crippen LogP contribution in [0.1, 0.15) is 16.4 Å². The number of nitrogens with zero attached hydrogens (tertiary/aromatic N) is 2. The van der Waals surface area contributed by atoms with Crippen molar-refractivity contribution in [3.05, 3.63) is 111 Å². The standard InChI is InChI=1S/C26H14F3N2O2P.Pt/c27-26(28,29)11-10-18-13-19(16-23-7-1-2-12-34-23)15-21(14-18)25-9-4-8-24(30-25)20-5-3-6-22(17-20)31(32)33;/h1-4,6-9,12-14,17H,16H2;/q-2;+2/p+1. The summed E-state index contributed by atoms with van der Waals surface area (Å²) in [4.78, 5) is 15.2. The van der Waals surface area contributed by atoms with Crippen molar-refractivity contribution in [3.63, 3.8) is 0 Å². The van der Waals surface area contributed by atoms with Crippen molar-refractivity contribution in [1.29, 1.82) is 0 Å². The molecule has 2 heterocycles. The van der Waals surface area contributed by atoms with Gasteiger partial charge in [0.15, 0.2) is 5.69 Å². The van der Waals surface area contributed by atoms with Crippen LogP contribution in [0.2, 0.25) is 0 Å². The number of rotatable bonds is 5. The van der Waals surface area contributed by atoms with E-state index in [0.29, 0.717) is 42.7 Å². The molecule has 4 nitrogen and oxygen atoms in total. The van der Waals surface area contributed by atoms with Gasteiger partial charge < -0.3 is 4.98 Å². The minimum atomic E-state index is -4.61. The van der Waals surface area contributed by atoms with Gasteiger partial charge in [0.1, 0.15) is 19.3 Å². The van der Waals surface area contributed by atoms with Gasteiger partial charge in [-0.2, -0.15) is 13.2 Å². The molecule has 0 aliphatic rings. The van der Waals surface area contributed by atoms with Crippen LogP contribution in [-0.4, -0.2) is 16.1 Å². The van der Waals surface area contributed by atoms with Crippen LogP contribution < -0.4 is 0 Å². The molecular weight excluding hydrogens is 655 g/mol. The zero-order chi connectivity index (χ0) is 24.1. The molecular formula is C26H15F3N2O2PPt+. The summed E-state index contributed by atoms with van der Waals surface area (Å²) in [5.74, 6) is 5.55. The molecule has 9 heteroatoms. The fraction of sp³-hybridized carbons (Fsp3) is 0.0769. The van der Waals surface area contributed by atoms with E-state index in [9.17, 15) is 23.3 Å². The van der Waals surface area contributed by atoms with E-state index in [1.165, 1.54) is 30.2 Å². The summed E-state index contributed by atoms with van der Waals surface area (Å²) < 4.78 is 38.1. The Kier molecular flexibility index (Phi) is 8.56. The van der Waals surface area contributed by atoms with Crippen molar-refractivity contribution in [1.82, 2.24) is 4.98 Å². The maximum Gasteiger partial charge on any atom is 2.00 e. The number of halogens is 3. The van der Waals surface area contributed by atoms with Gasteiger partial charge in [-0.3, -0.25) is 10.1 Å². The van der Waals surface area contributed by atoms with Crippen LogP contribution in [0.15, 0.2) is 72.5 Å². The van der Waals surface area contributed by atoms with Gasteiger partial charge in [-0.1, -0.05) is 47.9 Å². The number of non-ortho nitro benzene ring substituents is 1. The Balaban J connectivity index is 0.00000342. The number of nitro benzene ring substituents is 1. The molecule has 0 amide bonds. The summed E-state index contributed by atoms with van der Waals surface area (Å²) in [6.45, 7) is 0. The van der Waals surface area contributed by atoms with Crippen molar-refractivity contribution in [2.24, 2.45) is 0 Å². The van der Waals surface area contributed by atoms with Gasteiger partial charge in [-0.25, -0.2) is 0 Å². The average Bonchev–Trinajstić information content (AvgIpc) is 2.83. The fourth-order valence-corrected chi connectivity index (χ4v) is 4.18. The summed E-state index contributed by atoms with van der Waals surface area (Å²) >= 11 is 0. The van der Waals surface area contributed by atoms with Crippen LogP contribution >= 0.6 is 8.19 Å². The third-order valence-electron chi connectivity index (χ3n) is 4.72. The van der Waals surface area contributed by atoms with E-state index in [-0.39, 0.29) is 32.3 Å². The number of aromatic nitrogens is 1. The average molecular weight is 670 g/mol. The molecule has 0 fully saturated rings. The van der Waals surface area contributed by atoms with E-state index in [4.69, 9.17) is 0 Å². The van der Waals surface area contributed by atoms with Gasteiger partial charge in [0, 0.05) is 17.3 Å². The first-order valence-electron chi connectivity index (χ1n) is 10.0. The second-order valence-electron chi connectivity index (χ2n) is 7.25. The van der Waals surface area contributed by atoms with Crippen molar-refractivity contribution in [3.8, 4) is 34.4 Å². The van der Waals surface area contributed by atoms with E-state index in [1.54, 1.807) is 24.3 Å². The Labute approximate surface area is 215 Å². The van der Waals surface area contributed by atoms with Crippen LogP contribution in [-0.2, 0) is 27.5 Å². The summed E-state index contributed by atoms with van der Waals surface area (Å²) in [7, 11) is 0.484. The quantitative estimate of drug-likeness (QED) is 0.102. The van der Waals surface area contributed by atoms with Gasteiger partial charge in [-0.15, -0.1) is 47.0 Å². The summed E-state index contributed by atoms with van der Waals surface area (Å²) in [5, 5.41) is 12.2. The van der Waals surface area contributed by atoms with Crippen molar-refractivity contribution in [2.45, 2.75) is 12.6 Å². The monoisotopic (exact) mass is 670 g/mol. The Bertz CT molecular complexity index is 1420. The summed E-state index contributed by atoms with van der Waals surface area (Å²) in [6, 6.07) is 24.4. The molecule has 4 rings (SSSR count). The van der Waals surface area contributed by atoms with Gasteiger partial charge in [0.2, 0.25) is 0 Å². The molecule has 2 aromatic carbocycles. The summed E-state index contributed by atoms with van der Waals surface area (Å²) in [5.41, 5.74) is 2.62. The third-order valence-corrected chi connectivity index (χ3v) is 5.80. The van der Waals surface area contributed by atoms with Crippen molar-refractivity contribution in [2.75, 3.05) is 0 Å². The van der Waals surface area contributed by atoms with Crippen LogP contribution in [0.5, 0.6) is 0 Å². The molecule has 0 aliphatic carbocycles. The van der Waals surface area contributed by atoms with Crippen LogP contribution in [0.4, 0.5) is 18.9 Å². The van der Waals surface area contributed by atoms with Crippen LogP contribution in [0, 0.1) is 34.1 Å². The molecule has 1 atom stereocenters. The molecule has 0 aliphatic heterocycles. The molecule has 0 saturated carbocycles. The first kappa shape index (κ1) is 26.3. The summed E-state index contributed by atoms with van der Waals surface area (Å²) in [6.07, 6.45) is -4.09. The maximum atomic E-state index is 12.7. The molecule has 0 radical (unpaired) electrons. The van der Waals surface area contributed by atoms with E-state index in [0.717, 1.165) is 5.30 Å². The molecule has 0 N–H and O–H groups in total. The van der Waals surface area contributed by atoms with E-state index in [2.05, 4.69) is 23.0 Å². The number of pyridine rings is 1. The second-order valence-corrected chi connectivity index (χ2v) is 8.51. The number of nitro groups is 1. The first-order valence-corrected chi connectivity index (χ1v) is 11.1. The van der Waals surface area contributed by atoms with Gasteiger partial charge in [0.05, 0.1) is 0 Å². The number of hydrogen-bond donors (Lipinski definition) is 0. The normalized spacial score (nSPS) is 10.8. The van der Waals surface area contributed by atoms with E-state index in [1.807, 2.05) is 24.0 Å². The van der Waals surface area contributed by atoms with Gasteiger partial charge >= 0.3 is 27.2 Å². The van der Waals surface area contributed by atoms with E-state index < -0.39 is 11.1 Å². The van der Waals surface area contributed by atoms with Crippen LogP contribution in [0.25, 0.3) is 22.5 Å². The molecule has 35 heavy (non-hydrogen) atoms. The zero-order valence-corrected chi connectivity index (χ0v) is 21.1. The smallest absolute Gasteiger partial charge is 0.345 e. The fourth-order valence-electron chi connectivity index (χ4n) is 3.27. The largest absolute Gasteiger partial charge is 2.00 e. The molecule has 0 bridgehead atoms. The number of hydrogen-bond acceptors (Lipinski definition) is 3. The molecule has 0 spiro atoms. The zero-order valence-electron chi connectivity index (χ0n) is 17.8. The predicted octanol–water partition coefficient (Wildman–Crippen LogP) is 6.74. The first-order chi connectivity index (χ1) is 16.3. The SMILES string of the molecule is O=[N+]([O-])c1cc[c-]c(-c2cccc(-c3[c-]c(Cc4cccc[pH+]4)cc(C#CC(F)(F)F)c3)n2)c1.[Pt+2].